The first-order chi connectivity index (χ1) is 8.06. The van der Waals surface area contributed by atoms with Crippen molar-refractivity contribution in [1.29, 1.82) is 0 Å². The molecule has 1 rings (SSSR count). The lowest BCUT2D eigenvalue weighted by atomic mass is 10.1. The summed E-state index contributed by atoms with van der Waals surface area (Å²) in [5.41, 5.74) is 0. The van der Waals surface area contributed by atoms with E-state index in [9.17, 15) is 14.4 Å². The lowest BCUT2D eigenvalue weighted by Gasteiger charge is -2.25. The van der Waals surface area contributed by atoms with Crippen LogP contribution in [0, 0.1) is 5.92 Å². The van der Waals surface area contributed by atoms with Crippen LogP contribution in [0.2, 0.25) is 0 Å². The second kappa shape index (κ2) is 6.22. The number of esters is 1. The molecule has 96 valence electrons. The van der Waals surface area contributed by atoms with Crippen LogP contribution in [0.15, 0.2) is 0 Å². The number of amides is 3. The van der Waals surface area contributed by atoms with Crippen molar-refractivity contribution in [2.75, 3.05) is 19.7 Å². The van der Waals surface area contributed by atoms with Crippen molar-refractivity contribution < 1.29 is 19.1 Å². The van der Waals surface area contributed by atoms with Crippen molar-refractivity contribution in [2.45, 2.75) is 26.7 Å². The number of rotatable bonds is 5. The van der Waals surface area contributed by atoms with E-state index in [2.05, 4.69) is 5.32 Å². The monoisotopic (exact) mass is 242 g/mol. The minimum absolute atomic E-state index is 0.0579. The fraction of sp³-hybridized carbons (Fsp3) is 0.727. The number of imide groups is 1. The van der Waals surface area contributed by atoms with Gasteiger partial charge in [0.15, 0.2) is 0 Å². The topological polar surface area (TPSA) is 75.7 Å². The van der Waals surface area contributed by atoms with Gasteiger partial charge in [-0.15, -0.1) is 0 Å². The van der Waals surface area contributed by atoms with Gasteiger partial charge in [-0.05, 0) is 6.42 Å². The summed E-state index contributed by atoms with van der Waals surface area (Å²) >= 11 is 0. The molecule has 0 bridgehead atoms. The van der Waals surface area contributed by atoms with Crippen molar-refractivity contribution in [2.24, 2.45) is 5.92 Å². The third-order valence-electron chi connectivity index (χ3n) is 2.74. The first-order valence-corrected chi connectivity index (χ1v) is 5.81. The summed E-state index contributed by atoms with van der Waals surface area (Å²) in [7, 11) is 0. The predicted molar refractivity (Wildman–Crippen MR) is 60.1 cm³/mol. The Balaban J connectivity index is 2.32. The van der Waals surface area contributed by atoms with Gasteiger partial charge in [-0.2, -0.15) is 0 Å². The van der Waals surface area contributed by atoms with Crippen LogP contribution in [0.5, 0.6) is 0 Å². The molecule has 1 aliphatic rings. The Kier molecular flexibility index (Phi) is 4.93. The predicted octanol–water partition coefficient (Wildman–Crippen LogP) is 0.518. The molecule has 0 aliphatic carbocycles. The Bertz CT molecular complexity index is 301. The average molecular weight is 242 g/mol. The molecular weight excluding hydrogens is 224 g/mol. The van der Waals surface area contributed by atoms with Gasteiger partial charge in [-0.1, -0.05) is 13.8 Å². The van der Waals surface area contributed by atoms with E-state index >= 15 is 0 Å². The quantitative estimate of drug-likeness (QED) is 0.713. The van der Waals surface area contributed by atoms with Gasteiger partial charge in [0, 0.05) is 13.0 Å². The molecule has 6 nitrogen and oxygen atoms in total. The fourth-order valence-electron chi connectivity index (χ4n) is 1.39. The lowest BCUT2D eigenvalue weighted by Crippen LogP contribution is -2.51. The van der Waals surface area contributed by atoms with Crippen LogP contribution < -0.4 is 5.32 Å². The zero-order valence-corrected chi connectivity index (χ0v) is 10.2. The van der Waals surface area contributed by atoms with Gasteiger partial charge in [-0.3, -0.25) is 14.5 Å². The lowest BCUT2D eigenvalue weighted by molar-refractivity contribution is -0.149. The van der Waals surface area contributed by atoms with Crippen molar-refractivity contribution in [3.63, 3.8) is 0 Å². The summed E-state index contributed by atoms with van der Waals surface area (Å²) in [5, 5.41) is 2.56. The molecule has 0 aromatic rings. The number of hydrogen-bond acceptors (Lipinski definition) is 4. The SMILES string of the molecule is CCC(C)C(=O)OCCN1C(=O)CCNC1=O. The minimum atomic E-state index is -0.416. The Morgan fingerprint density at radius 2 is 2.24 bits per heavy atom. The van der Waals surface area contributed by atoms with Gasteiger partial charge in [-0.25, -0.2) is 4.79 Å². The Morgan fingerprint density at radius 3 is 2.82 bits per heavy atom. The van der Waals surface area contributed by atoms with Crippen LogP contribution in [-0.2, 0) is 14.3 Å². The number of urea groups is 1. The standard InChI is InChI=1S/C11H18N2O4/c1-3-8(2)10(15)17-7-6-13-9(14)4-5-12-11(13)16/h8H,3-7H2,1-2H3,(H,12,16). The highest BCUT2D eigenvalue weighted by atomic mass is 16.5. The zero-order chi connectivity index (χ0) is 12.8. The van der Waals surface area contributed by atoms with Gasteiger partial charge in [0.2, 0.25) is 5.91 Å². The van der Waals surface area contributed by atoms with Crippen molar-refractivity contribution in [1.82, 2.24) is 10.2 Å². The summed E-state index contributed by atoms with van der Waals surface area (Å²) in [4.78, 5) is 35.1. The van der Waals surface area contributed by atoms with E-state index in [0.717, 1.165) is 4.90 Å². The molecule has 0 aromatic carbocycles. The van der Waals surface area contributed by atoms with Crippen LogP contribution in [0.25, 0.3) is 0 Å². The number of ether oxygens (including phenoxy) is 1. The molecule has 1 unspecified atom stereocenters. The number of carbonyl (C=O) groups excluding carboxylic acids is 3. The molecule has 1 N–H and O–H groups in total. The summed E-state index contributed by atoms with van der Waals surface area (Å²) in [5.74, 6) is -0.674. The van der Waals surface area contributed by atoms with Crippen LogP contribution in [-0.4, -0.2) is 42.5 Å². The molecule has 1 aliphatic heterocycles. The molecule has 1 fully saturated rings. The van der Waals surface area contributed by atoms with E-state index < -0.39 is 6.03 Å². The van der Waals surface area contributed by atoms with E-state index in [1.165, 1.54) is 0 Å². The van der Waals surface area contributed by atoms with E-state index in [-0.39, 0.29) is 30.9 Å². The summed E-state index contributed by atoms with van der Waals surface area (Å²) in [6.45, 7) is 4.23. The summed E-state index contributed by atoms with van der Waals surface area (Å²) < 4.78 is 4.98. The minimum Gasteiger partial charge on any atom is -0.464 e. The Hall–Kier alpha value is -1.59. The highest BCUT2D eigenvalue weighted by Gasteiger charge is 2.25. The number of carbonyl (C=O) groups is 3. The van der Waals surface area contributed by atoms with Gasteiger partial charge in [0.05, 0.1) is 12.5 Å². The Morgan fingerprint density at radius 1 is 1.53 bits per heavy atom. The molecule has 6 heteroatoms. The maximum absolute atomic E-state index is 11.4. The van der Waals surface area contributed by atoms with Gasteiger partial charge in [0.1, 0.15) is 6.61 Å². The van der Waals surface area contributed by atoms with Gasteiger partial charge in [0.25, 0.3) is 0 Å². The van der Waals surface area contributed by atoms with Crippen LogP contribution in [0.1, 0.15) is 26.7 Å². The largest absolute Gasteiger partial charge is 0.464 e. The second-order valence-electron chi connectivity index (χ2n) is 4.00. The molecule has 17 heavy (non-hydrogen) atoms. The molecule has 0 aromatic heterocycles. The zero-order valence-electron chi connectivity index (χ0n) is 10.2. The molecule has 0 saturated carbocycles. The third-order valence-corrected chi connectivity index (χ3v) is 2.74. The molecule has 1 saturated heterocycles. The van der Waals surface area contributed by atoms with E-state index in [1.54, 1.807) is 6.92 Å². The highest BCUT2D eigenvalue weighted by Crippen LogP contribution is 2.04. The summed E-state index contributed by atoms with van der Waals surface area (Å²) in [6, 6.07) is -0.416. The Labute approximate surface area is 100 Å². The van der Waals surface area contributed by atoms with Gasteiger partial charge < -0.3 is 10.1 Å². The molecule has 0 spiro atoms. The molecule has 1 heterocycles. The van der Waals surface area contributed by atoms with Crippen molar-refractivity contribution in [3.8, 4) is 0 Å². The average Bonchev–Trinajstić information content (AvgIpc) is 2.31. The normalized spacial score (nSPS) is 17.6. The maximum Gasteiger partial charge on any atom is 0.324 e. The third kappa shape index (κ3) is 3.72. The maximum atomic E-state index is 11.4. The number of hydrogen-bond donors (Lipinski definition) is 1. The van der Waals surface area contributed by atoms with Crippen molar-refractivity contribution in [3.05, 3.63) is 0 Å². The van der Waals surface area contributed by atoms with Crippen LogP contribution in [0.4, 0.5) is 4.79 Å². The van der Waals surface area contributed by atoms with Crippen molar-refractivity contribution >= 4 is 17.9 Å². The van der Waals surface area contributed by atoms with E-state index in [1.807, 2.05) is 6.92 Å². The molecule has 0 radical (unpaired) electrons. The van der Waals surface area contributed by atoms with E-state index in [4.69, 9.17) is 4.74 Å². The summed E-state index contributed by atoms with van der Waals surface area (Å²) in [6.07, 6.45) is 1.01. The highest BCUT2D eigenvalue weighted by molar-refractivity contribution is 5.96. The van der Waals surface area contributed by atoms with Crippen LogP contribution in [0.3, 0.4) is 0 Å². The first-order valence-electron chi connectivity index (χ1n) is 5.81. The number of nitrogens with one attached hydrogen (secondary N) is 1. The molecule has 1 atom stereocenters. The smallest absolute Gasteiger partial charge is 0.324 e. The molecule has 3 amide bonds. The van der Waals surface area contributed by atoms with Crippen LogP contribution >= 0.6 is 0 Å². The molecular formula is C11H18N2O4. The second-order valence-corrected chi connectivity index (χ2v) is 4.00. The van der Waals surface area contributed by atoms with E-state index in [0.29, 0.717) is 19.4 Å². The fourth-order valence-corrected chi connectivity index (χ4v) is 1.39. The first kappa shape index (κ1) is 13.5. The number of nitrogens with zero attached hydrogens (tertiary/aromatic N) is 1. The van der Waals surface area contributed by atoms with Gasteiger partial charge >= 0.3 is 12.0 Å².